The molecule has 2 spiro atoms. The van der Waals surface area contributed by atoms with E-state index in [9.17, 15) is 14.4 Å². The van der Waals surface area contributed by atoms with Crippen molar-refractivity contribution in [3.63, 3.8) is 0 Å². The molecule has 1 unspecified atom stereocenters. The van der Waals surface area contributed by atoms with Gasteiger partial charge in [-0.05, 0) is 32.1 Å². The van der Waals surface area contributed by atoms with Crippen molar-refractivity contribution in [2.75, 3.05) is 7.11 Å². The number of hydrogen-bond acceptors (Lipinski definition) is 4. The third-order valence-corrected chi connectivity index (χ3v) is 7.49. The van der Waals surface area contributed by atoms with Crippen LogP contribution in [0.1, 0.15) is 38.5 Å². The minimum Gasteiger partial charge on any atom is -0.469 e. The number of ether oxygens (including phenoxy) is 1. The van der Waals surface area contributed by atoms with Crippen molar-refractivity contribution in [2.45, 2.75) is 38.5 Å². The molecule has 0 amide bonds. The lowest BCUT2D eigenvalue weighted by atomic mass is 9.57. The molecular formula is C18H20O4. The monoisotopic (exact) mass is 300 g/mol. The van der Waals surface area contributed by atoms with Crippen molar-refractivity contribution in [1.29, 1.82) is 0 Å². The summed E-state index contributed by atoms with van der Waals surface area (Å²) < 4.78 is 4.97. The lowest BCUT2D eigenvalue weighted by molar-refractivity contribution is -0.148. The Morgan fingerprint density at radius 1 is 1.27 bits per heavy atom. The van der Waals surface area contributed by atoms with Gasteiger partial charge < -0.3 is 4.74 Å². The fourth-order valence-electron chi connectivity index (χ4n) is 6.79. The highest BCUT2D eigenvalue weighted by atomic mass is 16.5. The number of fused-ring (bicyclic) bond motifs is 2. The number of ketones is 2. The van der Waals surface area contributed by atoms with Gasteiger partial charge in [0.2, 0.25) is 0 Å². The summed E-state index contributed by atoms with van der Waals surface area (Å²) in [6.07, 6.45) is 6.99. The molecule has 0 aromatic heterocycles. The molecule has 4 bridgehead atoms. The molecule has 5 saturated carbocycles. The first-order valence-corrected chi connectivity index (χ1v) is 8.43. The summed E-state index contributed by atoms with van der Waals surface area (Å²) in [6, 6.07) is 0. The molecule has 6 aliphatic carbocycles. The molecule has 0 radical (unpaired) electrons. The number of allylic oxidation sites excluding steroid dienone is 2. The predicted octanol–water partition coefficient (Wildman–Crippen LogP) is 2.07. The highest BCUT2D eigenvalue weighted by Crippen LogP contribution is 2.87. The summed E-state index contributed by atoms with van der Waals surface area (Å²) in [4.78, 5) is 37.7. The number of rotatable bonds is 1. The largest absolute Gasteiger partial charge is 0.469 e. The van der Waals surface area contributed by atoms with Crippen LogP contribution in [0.25, 0.3) is 0 Å². The van der Waals surface area contributed by atoms with Crippen LogP contribution < -0.4 is 0 Å². The zero-order valence-electron chi connectivity index (χ0n) is 12.8. The molecule has 4 nitrogen and oxygen atoms in total. The van der Waals surface area contributed by atoms with E-state index in [1.807, 2.05) is 0 Å². The molecule has 4 heteroatoms. The maximum atomic E-state index is 12.9. The third-order valence-electron chi connectivity index (χ3n) is 7.49. The average Bonchev–Trinajstić information content (AvgIpc) is 3.10. The van der Waals surface area contributed by atoms with Crippen LogP contribution in [0, 0.1) is 34.5 Å². The van der Waals surface area contributed by atoms with Gasteiger partial charge >= 0.3 is 5.97 Å². The van der Waals surface area contributed by atoms with Gasteiger partial charge in [-0.2, -0.15) is 0 Å². The zero-order chi connectivity index (χ0) is 15.3. The molecule has 0 aliphatic heterocycles. The summed E-state index contributed by atoms with van der Waals surface area (Å²) in [5.41, 5.74) is 0.698. The smallest absolute Gasteiger partial charge is 0.309 e. The van der Waals surface area contributed by atoms with Gasteiger partial charge in [0, 0.05) is 29.6 Å². The Bertz CT molecular complexity index is 662. The van der Waals surface area contributed by atoms with Crippen LogP contribution in [-0.4, -0.2) is 24.6 Å². The van der Waals surface area contributed by atoms with E-state index in [2.05, 4.69) is 6.08 Å². The van der Waals surface area contributed by atoms with E-state index in [-0.39, 0.29) is 46.3 Å². The predicted molar refractivity (Wildman–Crippen MR) is 76.6 cm³/mol. The maximum absolute atomic E-state index is 12.9. The van der Waals surface area contributed by atoms with E-state index < -0.39 is 0 Å². The molecule has 22 heavy (non-hydrogen) atoms. The van der Waals surface area contributed by atoms with Gasteiger partial charge in [-0.3, -0.25) is 14.4 Å². The van der Waals surface area contributed by atoms with Crippen LogP contribution in [-0.2, 0) is 19.1 Å². The Labute approximate surface area is 129 Å². The molecule has 0 heterocycles. The van der Waals surface area contributed by atoms with Crippen molar-refractivity contribution < 1.29 is 19.1 Å². The first-order chi connectivity index (χ1) is 10.6. The number of methoxy groups -OCH3 is 1. The van der Waals surface area contributed by atoms with Crippen molar-refractivity contribution >= 4 is 17.5 Å². The van der Waals surface area contributed by atoms with Crippen molar-refractivity contribution in [3.05, 3.63) is 11.6 Å². The fraction of sp³-hybridized carbons (Fsp3) is 0.722. The number of Topliss-reactive ketones (excluding diaryl/α,β-unsaturated/α-hetero) is 2. The molecule has 0 N–H and O–H groups in total. The molecule has 5 fully saturated rings. The van der Waals surface area contributed by atoms with E-state index in [1.165, 1.54) is 12.7 Å². The van der Waals surface area contributed by atoms with E-state index in [0.29, 0.717) is 12.2 Å². The van der Waals surface area contributed by atoms with Gasteiger partial charge in [-0.15, -0.1) is 0 Å². The SMILES string of the molecule is COC(=O)[C@H]1CCC=C2[C@@H]1CC(=O)[C@@]13C[C@H]4CC[C@@]21C3C4=O. The minimum atomic E-state index is -0.368. The molecule has 0 aromatic rings. The summed E-state index contributed by atoms with van der Waals surface area (Å²) in [6.45, 7) is 0. The number of esters is 1. The minimum absolute atomic E-state index is 0.0192. The van der Waals surface area contributed by atoms with Crippen molar-refractivity contribution in [3.8, 4) is 0 Å². The van der Waals surface area contributed by atoms with Gasteiger partial charge in [-0.1, -0.05) is 11.6 Å². The number of carbonyl (C=O) groups excluding carboxylic acids is 3. The highest BCUT2D eigenvalue weighted by Gasteiger charge is 2.90. The normalized spacial score (nSPS) is 50.9. The summed E-state index contributed by atoms with van der Waals surface area (Å²) >= 11 is 0. The summed E-state index contributed by atoms with van der Waals surface area (Å²) in [5, 5.41) is 0. The van der Waals surface area contributed by atoms with Crippen molar-refractivity contribution in [2.24, 2.45) is 34.5 Å². The van der Waals surface area contributed by atoms with E-state index in [0.717, 1.165) is 32.1 Å². The highest BCUT2D eigenvalue weighted by molar-refractivity contribution is 6.08. The lowest BCUT2D eigenvalue weighted by Crippen LogP contribution is -2.45. The standard InChI is InChI=1S/C18H20O4/c1-22-16(21)10-3-2-4-12-11(10)7-13(19)18-8-9-5-6-17(12,18)15(18)14(9)20/h4,9-11,15H,2-3,5-8H2,1H3/t9-,10+,11-,15?,17+,18-/m1/s1. The molecule has 0 saturated heterocycles. The molecule has 0 aromatic carbocycles. The van der Waals surface area contributed by atoms with Crippen LogP contribution in [0.2, 0.25) is 0 Å². The molecule has 6 atom stereocenters. The number of hydrogen-bond donors (Lipinski definition) is 0. The quantitative estimate of drug-likeness (QED) is 0.549. The van der Waals surface area contributed by atoms with Gasteiger partial charge in [0.1, 0.15) is 11.6 Å². The summed E-state index contributed by atoms with van der Waals surface area (Å²) in [7, 11) is 1.42. The lowest BCUT2D eigenvalue weighted by Gasteiger charge is -2.45. The maximum Gasteiger partial charge on any atom is 0.309 e. The van der Waals surface area contributed by atoms with E-state index >= 15 is 0 Å². The topological polar surface area (TPSA) is 60.4 Å². The van der Waals surface area contributed by atoms with E-state index in [1.54, 1.807) is 0 Å². The molecular weight excluding hydrogens is 280 g/mol. The second-order valence-electron chi connectivity index (χ2n) is 7.82. The van der Waals surface area contributed by atoms with Crippen LogP contribution in [0.5, 0.6) is 0 Å². The Morgan fingerprint density at radius 2 is 2.09 bits per heavy atom. The van der Waals surface area contributed by atoms with Gasteiger partial charge in [-0.25, -0.2) is 0 Å². The Balaban J connectivity index is 1.63. The molecule has 6 rings (SSSR count). The van der Waals surface area contributed by atoms with Crippen molar-refractivity contribution in [1.82, 2.24) is 0 Å². The van der Waals surface area contributed by atoms with Crippen LogP contribution in [0.15, 0.2) is 11.6 Å². The van der Waals surface area contributed by atoms with Crippen LogP contribution >= 0.6 is 0 Å². The van der Waals surface area contributed by atoms with Gasteiger partial charge in [0.05, 0.1) is 18.4 Å². The summed E-state index contributed by atoms with van der Waals surface area (Å²) in [5.74, 6) is 0.255. The molecule has 116 valence electrons. The first kappa shape index (κ1) is 13.0. The van der Waals surface area contributed by atoms with E-state index in [4.69, 9.17) is 4.74 Å². The second-order valence-corrected chi connectivity index (χ2v) is 7.82. The first-order valence-electron chi connectivity index (χ1n) is 8.43. The Morgan fingerprint density at radius 3 is 2.86 bits per heavy atom. The Hall–Kier alpha value is -1.45. The van der Waals surface area contributed by atoms with Crippen LogP contribution in [0.4, 0.5) is 0 Å². The molecule has 6 aliphatic rings. The third kappa shape index (κ3) is 1.09. The zero-order valence-corrected chi connectivity index (χ0v) is 12.8. The fourth-order valence-corrected chi connectivity index (χ4v) is 6.79. The van der Waals surface area contributed by atoms with Crippen LogP contribution in [0.3, 0.4) is 0 Å². The Kier molecular flexibility index (Phi) is 2.20. The second kappa shape index (κ2) is 3.72. The van der Waals surface area contributed by atoms with Gasteiger partial charge in [0.25, 0.3) is 0 Å². The van der Waals surface area contributed by atoms with Gasteiger partial charge in [0.15, 0.2) is 0 Å². The number of carbonyl (C=O) groups is 3. The average molecular weight is 300 g/mol.